The van der Waals surface area contributed by atoms with Crippen molar-refractivity contribution in [2.45, 2.75) is 58.4 Å². The Morgan fingerprint density at radius 3 is 2.13 bits per heavy atom. The number of alkyl halides is 3. The highest BCUT2D eigenvalue weighted by Gasteiger charge is 2.30. The summed E-state index contributed by atoms with van der Waals surface area (Å²) in [5, 5.41) is 2.45. The van der Waals surface area contributed by atoms with Gasteiger partial charge in [0.2, 0.25) is 0 Å². The number of halogens is 3. The highest BCUT2D eigenvalue weighted by molar-refractivity contribution is 7.09. The molecule has 0 N–H and O–H groups in total. The fourth-order valence-electron chi connectivity index (χ4n) is 4.94. The second-order valence-corrected chi connectivity index (χ2v) is 13.0. The first-order valence-electron chi connectivity index (χ1n) is 14.7. The van der Waals surface area contributed by atoms with Gasteiger partial charge >= 0.3 is 6.18 Å². The Morgan fingerprint density at radius 2 is 1.49 bits per heavy atom. The molecule has 10 heteroatoms. The van der Waals surface area contributed by atoms with Crippen LogP contribution in [-0.4, -0.2) is 48.5 Å². The molecule has 3 aromatic carbocycles. The summed E-state index contributed by atoms with van der Waals surface area (Å²) >= 11 is 1.37. The van der Waals surface area contributed by atoms with Gasteiger partial charge in [0.05, 0.1) is 26.3 Å². The number of carbonyl (C=O) groups excluding carboxylic acids is 1. The van der Waals surface area contributed by atoms with E-state index in [1.165, 1.54) is 29.0 Å². The van der Waals surface area contributed by atoms with Gasteiger partial charge in [0.15, 0.2) is 11.5 Å². The van der Waals surface area contributed by atoms with E-state index in [2.05, 4.69) is 54.9 Å². The highest BCUT2D eigenvalue weighted by atomic mass is 32.1. The molecule has 0 spiro atoms. The van der Waals surface area contributed by atoms with Crippen LogP contribution in [0, 0.1) is 0 Å². The lowest BCUT2D eigenvalue weighted by atomic mass is 9.87. The number of nitrogens with zero attached hydrogens (tertiary/aromatic N) is 3. The van der Waals surface area contributed by atoms with Crippen molar-refractivity contribution in [3.05, 3.63) is 111 Å². The Kier molecular flexibility index (Phi) is 10.9. The van der Waals surface area contributed by atoms with Crippen molar-refractivity contribution in [1.29, 1.82) is 0 Å². The molecular weight excluding hydrogens is 599 g/mol. The molecule has 0 atom stereocenters. The molecule has 0 fully saturated rings. The van der Waals surface area contributed by atoms with Crippen LogP contribution in [0.3, 0.4) is 0 Å². The molecule has 0 aliphatic rings. The van der Waals surface area contributed by atoms with Crippen molar-refractivity contribution < 1.29 is 27.4 Å². The number of likely N-dealkylation sites (N-methyl/N-ethyl adjacent to an activating group) is 1. The normalized spacial score (nSPS) is 12.0. The van der Waals surface area contributed by atoms with Crippen molar-refractivity contribution in [3.63, 3.8) is 0 Å². The molecule has 1 heterocycles. The van der Waals surface area contributed by atoms with E-state index in [-0.39, 0.29) is 11.3 Å². The maximum Gasteiger partial charge on any atom is 0.416 e. The minimum atomic E-state index is -4.42. The van der Waals surface area contributed by atoms with Gasteiger partial charge in [-0.2, -0.15) is 13.2 Å². The zero-order chi connectivity index (χ0) is 32.8. The average Bonchev–Trinajstić information content (AvgIpc) is 3.47. The molecule has 6 nitrogen and oxygen atoms in total. The SMILES string of the molecule is COc1ccc(CCN(C)C(=O)c2csc(CN(Cc3ccc(C(C)(C)C)cc3)Cc3cccc(C(F)(F)F)c3)n2)cc1OC. The molecule has 0 aliphatic heterocycles. The summed E-state index contributed by atoms with van der Waals surface area (Å²) in [4.78, 5) is 21.5. The predicted octanol–water partition coefficient (Wildman–Crippen LogP) is 7.99. The Bertz CT molecular complexity index is 1580. The van der Waals surface area contributed by atoms with Crippen LogP contribution in [0.5, 0.6) is 11.5 Å². The molecule has 0 saturated heterocycles. The van der Waals surface area contributed by atoms with Crippen molar-refractivity contribution >= 4 is 17.2 Å². The van der Waals surface area contributed by atoms with Crippen LogP contribution in [0.15, 0.2) is 72.1 Å². The lowest BCUT2D eigenvalue weighted by Gasteiger charge is -2.23. The molecule has 4 rings (SSSR count). The van der Waals surface area contributed by atoms with Crippen LogP contribution < -0.4 is 9.47 Å². The second kappa shape index (κ2) is 14.5. The zero-order valence-corrected chi connectivity index (χ0v) is 27.4. The Labute approximate surface area is 267 Å². The Morgan fingerprint density at radius 1 is 0.822 bits per heavy atom. The van der Waals surface area contributed by atoms with Gasteiger partial charge in [0.1, 0.15) is 10.7 Å². The lowest BCUT2D eigenvalue weighted by molar-refractivity contribution is -0.137. The van der Waals surface area contributed by atoms with Crippen LogP contribution >= 0.6 is 11.3 Å². The van der Waals surface area contributed by atoms with Gasteiger partial charge in [-0.15, -0.1) is 11.3 Å². The summed E-state index contributed by atoms with van der Waals surface area (Å²) < 4.78 is 51.0. The smallest absolute Gasteiger partial charge is 0.416 e. The largest absolute Gasteiger partial charge is 0.493 e. The third kappa shape index (κ3) is 9.31. The first kappa shape index (κ1) is 34.0. The summed E-state index contributed by atoms with van der Waals surface area (Å²) in [5.41, 5.74) is 3.48. The van der Waals surface area contributed by atoms with Crippen LogP contribution in [0.1, 0.15) is 64.1 Å². The highest BCUT2D eigenvalue weighted by Crippen LogP contribution is 2.31. The number of aromatic nitrogens is 1. The fourth-order valence-corrected chi connectivity index (χ4v) is 5.75. The molecule has 240 valence electrons. The van der Waals surface area contributed by atoms with Gasteiger partial charge in [-0.25, -0.2) is 4.98 Å². The molecule has 4 aromatic rings. The van der Waals surface area contributed by atoms with E-state index in [1.54, 1.807) is 37.6 Å². The first-order chi connectivity index (χ1) is 21.3. The van der Waals surface area contributed by atoms with Crippen molar-refractivity contribution in [1.82, 2.24) is 14.8 Å². The van der Waals surface area contributed by atoms with E-state index in [1.807, 2.05) is 18.2 Å². The van der Waals surface area contributed by atoms with Gasteiger partial charge < -0.3 is 14.4 Å². The predicted molar refractivity (Wildman–Crippen MR) is 172 cm³/mol. The third-order valence-electron chi connectivity index (χ3n) is 7.55. The van der Waals surface area contributed by atoms with Crippen LogP contribution in [0.4, 0.5) is 13.2 Å². The van der Waals surface area contributed by atoms with Gasteiger partial charge in [-0.05, 0) is 52.3 Å². The van der Waals surface area contributed by atoms with Gasteiger partial charge in [-0.1, -0.05) is 69.3 Å². The minimum absolute atomic E-state index is 0.00868. The number of hydrogen-bond acceptors (Lipinski definition) is 6. The number of thiazole rings is 1. The number of ether oxygens (including phenoxy) is 2. The molecular formula is C35H40F3N3O3S. The third-order valence-corrected chi connectivity index (χ3v) is 8.38. The van der Waals surface area contributed by atoms with Crippen LogP contribution in [0.25, 0.3) is 0 Å². The topological polar surface area (TPSA) is 54.9 Å². The summed E-state index contributed by atoms with van der Waals surface area (Å²) in [7, 11) is 4.91. The standard InChI is InChI=1S/C35H40F3N3O3S/c1-34(2,3)27-13-10-25(11-14-27)20-41(21-26-8-7-9-28(18-26)35(36,37)38)22-32-39-29(23-45-32)33(42)40(4)17-16-24-12-15-30(43-5)31(19-24)44-6/h7-15,18-19,23H,16-17,20-22H2,1-6H3. The molecule has 0 bridgehead atoms. The summed E-state index contributed by atoms with van der Waals surface area (Å²) in [6.45, 7) is 8.11. The van der Waals surface area contributed by atoms with Crippen molar-refractivity contribution in [2.24, 2.45) is 0 Å². The summed E-state index contributed by atoms with van der Waals surface area (Å²) in [6, 6.07) is 19.4. The Balaban J connectivity index is 1.47. The van der Waals surface area contributed by atoms with Crippen molar-refractivity contribution in [2.75, 3.05) is 27.8 Å². The van der Waals surface area contributed by atoms with E-state index >= 15 is 0 Å². The Hall–Kier alpha value is -3.89. The number of carbonyl (C=O) groups is 1. The molecule has 0 saturated carbocycles. The monoisotopic (exact) mass is 639 g/mol. The molecule has 45 heavy (non-hydrogen) atoms. The van der Waals surface area contributed by atoms with Gasteiger partial charge in [-0.3, -0.25) is 9.69 Å². The van der Waals surface area contributed by atoms with E-state index < -0.39 is 11.7 Å². The maximum absolute atomic E-state index is 13.4. The number of hydrogen-bond donors (Lipinski definition) is 0. The molecule has 0 unspecified atom stereocenters. The number of benzene rings is 3. The molecule has 0 aliphatic carbocycles. The number of rotatable bonds is 12. The van der Waals surface area contributed by atoms with E-state index in [0.717, 1.165) is 17.2 Å². The number of methoxy groups -OCH3 is 2. The first-order valence-corrected chi connectivity index (χ1v) is 15.5. The van der Waals surface area contributed by atoms with E-state index in [0.29, 0.717) is 60.4 Å². The maximum atomic E-state index is 13.4. The molecule has 0 radical (unpaired) electrons. The quantitative estimate of drug-likeness (QED) is 0.157. The molecule has 1 amide bonds. The second-order valence-electron chi connectivity index (χ2n) is 12.1. The fraction of sp³-hybridized carbons (Fsp3) is 0.371. The average molecular weight is 640 g/mol. The van der Waals surface area contributed by atoms with Crippen LogP contribution in [0.2, 0.25) is 0 Å². The van der Waals surface area contributed by atoms with Gasteiger partial charge in [0, 0.05) is 32.1 Å². The molecule has 1 aromatic heterocycles. The summed E-state index contributed by atoms with van der Waals surface area (Å²) in [5.74, 6) is 1.08. The number of amides is 1. The summed E-state index contributed by atoms with van der Waals surface area (Å²) in [6.07, 6.45) is -3.79. The van der Waals surface area contributed by atoms with E-state index in [4.69, 9.17) is 9.47 Å². The zero-order valence-electron chi connectivity index (χ0n) is 26.6. The van der Waals surface area contributed by atoms with Gasteiger partial charge in [0.25, 0.3) is 5.91 Å². The minimum Gasteiger partial charge on any atom is -0.493 e. The lowest BCUT2D eigenvalue weighted by Crippen LogP contribution is -2.29. The van der Waals surface area contributed by atoms with E-state index in [9.17, 15) is 18.0 Å². The van der Waals surface area contributed by atoms with Crippen LogP contribution in [-0.2, 0) is 37.6 Å². The van der Waals surface area contributed by atoms with Crippen molar-refractivity contribution in [3.8, 4) is 11.5 Å².